The average Bonchev–Trinajstić information content (AvgIpc) is 2.90. The second kappa shape index (κ2) is 12.6. The zero-order valence-electron chi connectivity index (χ0n) is 19.7. The third-order valence-electron chi connectivity index (χ3n) is 4.64. The first-order chi connectivity index (χ1) is 17.7. The molecule has 0 saturated heterocycles. The number of pyridine rings is 1. The highest BCUT2D eigenvalue weighted by Gasteiger charge is 2.42. The number of halogens is 1. The standard InChI is InChI=1S/C19H18ClNO5P.C6H5NO3/c1-23-16-5-9-18(10-6-16)25-27(22,21-13-3-4-15(20)14-21)26-19-11-7-17(24-2)8-12-19;8-6-3-1-5(2-4-6)7(9)10/h3-14H,1-2H3;1-4,8H/q+1;/p-1. The first-order valence-electron chi connectivity index (χ1n) is 10.6. The van der Waals surface area contributed by atoms with E-state index in [1.807, 2.05) is 0 Å². The van der Waals surface area contributed by atoms with E-state index in [0.717, 1.165) is 12.1 Å². The lowest BCUT2D eigenvalue weighted by Gasteiger charge is -2.14. The fourth-order valence-electron chi connectivity index (χ4n) is 2.81. The molecule has 0 aliphatic rings. The highest BCUT2D eigenvalue weighted by atomic mass is 35.5. The largest absolute Gasteiger partial charge is 0.872 e. The van der Waals surface area contributed by atoms with Gasteiger partial charge in [0.05, 0.1) is 19.1 Å². The molecular formula is C25H22ClN2O8P. The molecule has 0 N–H and O–H groups in total. The lowest BCUT2D eigenvalue weighted by Crippen LogP contribution is -2.35. The molecule has 0 spiro atoms. The molecule has 0 amide bonds. The van der Waals surface area contributed by atoms with Gasteiger partial charge in [0.25, 0.3) is 5.69 Å². The third kappa shape index (κ3) is 7.86. The molecule has 0 aliphatic carbocycles. The molecule has 1 aromatic heterocycles. The summed E-state index contributed by atoms with van der Waals surface area (Å²) in [4.78, 5) is 9.47. The number of aromatic nitrogens is 1. The Labute approximate surface area is 217 Å². The Balaban J connectivity index is 0.000000319. The molecule has 4 rings (SSSR count). The van der Waals surface area contributed by atoms with Crippen molar-refractivity contribution < 1.29 is 37.5 Å². The maximum absolute atomic E-state index is 13.6. The molecule has 37 heavy (non-hydrogen) atoms. The van der Waals surface area contributed by atoms with Gasteiger partial charge in [-0.1, -0.05) is 28.1 Å². The molecule has 4 aromatic rings. The number of non-ortho nitro benzene ring substituents is 1. The number of nitro groups is 1. The first kappa shape index (κ1) is 27.3. The molecule has 0 radical (unpaired) electrons. The predicted octanol–water partition coefficient (Wildman–Crippen LogP) is 5.43. The van der Waals surface area contributed by atoms with Gasteiger partial charge in [-0.3, -0.25) is 10.1 Å². The smallest absolute Gasteiger partial charge is 0.728 e. The van der Waals surface area contributed by atoms with E-state index in [-0.39, 0.29) is 11.4 Å². The Morgan fingerprint density at radius 1 is 0.784 bits per heavy atom. The van der Waals surface area contributed by atoms with Crippen LogP contribution in [0.1, 0.15) is 0 Å². The van der Waals surface area contributed by atoms with Crippen LogP contribution in [0.5, 0.6) is 28.7 Å². The molecule has 0 saturated carbocycles. The summed E-state index contributed by atoms with van der Waals surface area (Å²) in [6.45, 7) is 0. The number of rotatable bonds is 8. The zero-order chi connectivity index (χ0) is 26.8. The molecule has 0 atom stereocenters. The Bertz CT molecular complexity index is 1310. The summed E-state index contributed by atoms with van der Waals surface area (Å²) in [5.74, 6) is 1.82. The molecule has 0 unspecified atom stereocenters. The number of hydrogen-bond acceptors (Lipinski definition) is 8. The molecule has 12 heteroatoms. The maximum atomic E-state index is 13.6. The number of hydrogen-bond donors (Lipinski definition) is 0. The van der Waals surface area contributed by atoms with Gasteiger partial charge >= 0.3 is 7.75 Å². The van der Waals surface area contributed by atoms with Crippen molar-refractivity contribution in [1.82, 2.24) is 0 Å². The van der Waals surface area contributed by atoms with E-state index in [2.05, 4.69) is 0 Å². The van der Waals surface area contributed by atoms with Crippen LogP contribution in [0.2, 0.25) is 5.02 Å². The average molecular weight is 545 g/mol. The number of benzene rings is 3. The monoisotopic (exact) mass is 544 g/mol. The molecule has 0 fully saturated rings. The van der Waals surface area contributed by atoms with Crippen molar-refractivity contribution in [2.45, 2.75) is 0 Å². The Morgan fingerprint density at radius 3 is 1.65 bits per heavy atom. The van der Waals surface area contributed by atoms with E-state index in [1.54, 1.807) is 81.1 Å². The van der Waals surface area contributed by atoms with Crippen LogP contribution in [0.3, 0.4) is 0 Å². The van der Waals surface area contributed by atoms with Crippen LogP contribution in [0.15, 0.2) is 97.3 Å². The van der Waals surface area contributed by atoms with Gasteiger partial charge < -0.3 is 23.6 Å². The van der Waals surface area contributed by atoms with E-state index in [9.17, 15) is 19.8 Å². The van der Waals surface area contributed by atoms with Crippen LogP contribution in [-0.4, -0.2) is 19.1 Å². The minimum atomic E-state index is -3.84. The second-order valence-electron chi connectivity index (χ2n) is 7.16. The van der Waals surface area contributed by atoms with Gasteiger partial charge in [-0.05, 0) is 54.6 Å². The molecule has 0 bridgehead atoms. The summed E-state index contributed by atoms with van der Waals surface area (Å²) in [5.41, 5.74) is -0.0559. The highest BCUT2D eigenvalue weighted by molar-refractivity contribution is 7.47. The van der Waals surface area contributed by atoms with Gasteiger partial charge in [0.1, 0.15) is 28.0 Å². The Morgan fingerprint density at radius 2 is 1.24 bits per heavy atom. The first-order valence-corrected chi connectivity index (χ1v) is 12.5. The molecule has 10 nitrogen and oxygen atoms in total. The van der Waals surface area contributed by atoms with E-state index < -0.39 is 12.7 Å². The summed E-state index contributed by atoms with van der Waals surface area (Å²) in [7, 11) is -0.709. The number of methoxy groups -OCH3 is 2. The minimum Gasteiger partial charge on any atom is -0.872 e. The number of nitro benzene ring substituents is 1. The fourth-order valence-corrected chi connectivity index (χ4v) is 4.56. The molecule has 192 valence electrons. The molecular weight excluding hydrogens is 523 g/mol. The summed E-state index contributed by atoms with van der Waals surface area (Å²) in [6.07, 6.45) is 3.05. The zero-order valence-corrected chi connectivity index (χ0v) is 21.4. The van der Waals surface area contributed by atoms with Crippen molar-refractivity contribution in [3.8, 4) is 28.7 Å². The van der Waals surface area contributed by atoms with Gasteiger partial charge in [0.2, 0.25) is 0 Å². The van der Waals surface area contributed by atoms with Crippen LogP contribution in [0.4, 0.5) is 5.69 Å². The van der Waals surface area contributed by atoms with Crippen LogP contribution in [-0.2, 0) is 4.57 Å². The maximum Gasteiger partial charge on any atom is 0.728 e. The SMILES string of the molecule is COc1ccc(OP(=O)(Oc2ccc(OC)cc2)[n+]2cccc(Cl)c2)cc1.O=[N+]([O-])c1ccc([O-])cc1. The molecule has 1 heterocycles. The Kier molecular flexibility index (Phi) is 9.32. The fraction of sp³-hybridized carbons (Fsp3) is 0.0800. The van der Waals surface area contributed by atoms with Gasteiger partial charge in [0.15, 0.2) is 12.4 Å². The van der Waals surface area contributed by atoms with Crippen molar-refractivity contribution in [3.63, 3.8) is 0 Å². The van der Waals surface area contributed by atoms with E-state index in [0.29, 0.717) is 28.0 Å². The lowest BCUT2D eigenvalue weighted by molar-refractivity contribution is -0.536. The Hall–Kier alpha value is -4.27. The summed E-state index contributed by atoms with van der Waals surface area (Å²) in [5, 5.41) is 20.8. The second-order valence-corrected chi connectivity index (χ2v) is 9.36. The van der Waals surface area contributed by atoms with E-state index in [4.69, 9.17) is 30.1 Å². The predicted molar refractivity (Wildman–Crippen MR) is 134 cm³/mol. The van der Waals surface area contributed by atoms with E-state index in [1.165, 1.54) is 22.7 Å². The van der Waals surface area contributed by atoms with Crippen molar-refractivity contribution in [1.29, 1.82) is 0 Å². The van der Waals surface area contributed by atoms with Gasteiger partial charge in [0, 0.05) is 18.2 Å². The van der Waals surface area contributed by atoms with Crippen LogP contribution in [0, 0.1) is 10.1 Å². The normalized spacial score (nSPS) is 10.5. The van der Waals surface area contributed by atoms with Crippen molar-refractivity contribution in [3.05, 3.63) is 112 Å². The quantitative estimate of drug-likeness (QED) is 0.163. The van der Waals surface area contributed by atoms with Crippen LogP contribution in [0.25, 0.3) is 0 Å². The van der Waals surface area contributed by atoms with Crippen LogP contribution >= 0.6 is 19.3 Å². The summed E-state index contributed by atoms with van der Waals surface area (Å²) >= 11 is 6.05. The van der Waals surface area contributed by atoms with E-state index >= 15 is 0 Å². The van der Waals surface area contributed by atoms with Crippen molar-refractivity contribution in [2.24, 2.45) is 0 Å². The third-order valence-corrected chi connectivity index (χ3v) is 6.56. The molecule has 3 aromatic carbocycles. The van der Waals surface area contributed by atoms with Crippen LogP contribution < -0.4 is 28.0 Å². The van der Waals surface area contributed by atoms with Gasteiger partial charge in [-0.15, -0.1) is 5.75 Å². The van der Waals surface area contributed by atoms with Gasteiger partial charge in [-0.2, -0.15) is 4.57 Å². The highest BCUT2D eigenvalue weighted by Crippen LogP contribution is 2.44. The van der Waals surface area contributed by atoms with Gasteiger partial charge in [-0.25, -0.2) is 0 Å². The summed E-state index contributed by atoms with van der Waals surface area (Å²) < 4.78 is 36.7. The molecule has 0 aliphatic heterocycles. The number of nitrogens with zero attached hydrogens (tertiary/aromatic N) is 2. The minimum absolute atomic E-state index is 0.0559. The van der Waals surface area contributed by atoms with Crippen molar-refractivity contribution in [2.75, 3.05) is 14.2 Å². The lowest BCUT2D eigenvalue weighted by atomic mass is 10.3. The summed E-state index contributed by atoms with van der Waals surface area (Å²) in [6, 6.07) is 21.4. The topological polar surface area (TPSA) is 124 Å². The number of ether oxygens (including phenoxy) is 2. The van der Waals surface area contributed by atoms with Crippen molar-refractivity contribution >= 4 is 25.0 Å².